The zero-order chi connectivity index (χ0) is 13.5. The standard InChI is InChI=1S/C15H17N3O/c1-2-16-13-8-6-12(7-9-13)15(19)18-11-14-5-3-4-10-17-14/h3-10,16H,2,11H2,1H3,(H,18,19). The molecule has 4 heteroatoms. The Morgan fingerprint density at radius 3 is 2.58 bits per heavy atom. The summed E-state index contributed by atoms with van der Waals surface area (Å²) in [4.78, 5) is 16.1. The van der Waals surface area contributed by atoms with E-state index in [2.05, 4.69) is 15.6 Å². The molecule has 0 saturated carbocycles. The Morgan fingerprint density at radius 1 is 1.16 bits per heavy atom. The van der Waals surface area contributed by atoms with Crippen LogP contribution in [-0.4, -0.2) is 17.4 Å². The highest BCUT2D eigenvalue weighted by Gasteiger charge is 2.05. The summed E-state index contributed by atoms with van der Waals surface area (Å²) < 4.78 is 0. The van der Waals surface area contributed by atoms with Gasteiger partial charge in [0.2, 0.25) is 0 Å². The molecule has 0 spiro atoms. The molecule has 2 N–H and O–H groups in total. The van der Waals surface area contributed by atoms with Crippen LogP contribution in [0.25, 0.3) is 0 Å². The van der Waals surface area contributed by atoms with Crippen molar-refractivity contribution < 1.29 is 4.79 Å². The summed E-state index contributed by atoms with van der Waals surface area (Å²) in [6.07, 6.45) is 1.71. The molecule has 1 heterocycles. The number of nitrogens with one attached hydrogen (secondary N) is 2. The lowest BCUT2D eigenvalue weighted by Gasteiger charge is -2.06. The van der Waals surface area contributed by atoms with Gasteiger partial charge in [0.1, 0.15) is 0 Å². The summed E-state index contributed by atoms with van der Waals surface area (Å²) in [6.45, 7) is 3.34. The Balaban J connectivity index is 1.92. The van der Waals surface area contributed by atoms with Crippen molar-refractivity contribution >= 4 is 11.6 Å². The number of anilines is 1. The van der Waals surface area contributed by atoms with Crippen LogP contribution in [0.15, 0.2) is 48.7 Å². The van der Waals surface area contributed by atoms with E-state index >= 15 is 0 Å². The minimum Gasteiger partial charge on any atom is -0.385 e. The van der Waals surface area contributed by atoms with Crippen molar-refractivity contribution in [3.05, 3.63) is 59.9 Å². The lowest BCUT2D eigenvalue weighted by molar-refractivity contribution is 0.0950. The van der Waals surface area contributed by atoms with Gasteiger partial charge in [-0.1, -0.05) is 6.07 Å². The molecule has 0 bridgehead atoms. The summed E-state index contributed by atoms with van der Waals surface area (Å²) in [7, 11) is 0. The van der Waals surface area contributed by atoms with Gasteiger partial charge in [-0.05, 0) is 43.3 Å². The first-order chi connectivity index (χ1) is 9.29. The third-order valence-electron chi connectivity index (χ3n) is 2.68. The number of aromatic nitrogens is 1. The van der Waals surface area contributed by atoms with Gasteiger partial charge in [0.05, 0.1) is 12.2 Å². The largest absolute Gasteiger partial charge is 0.385 e. The number of pyridine rings is 1. The second kappa shape index (κ2) is 6.54. The molecule has 4 nitrogen and oxygen atoms in total. The average molecular weight is 255 g/mol. The van der Waals surface area contributed by atoms with Crippen molar-refractivity contribution in [1.29, 1.82) is 0 Å². The Bertz CT molecular complexity index is 523. The van der Waals surface area contributed by atoms with Gasteiger partial charge in [-0.15, -0.1) is 0 Å². The summed E-state index contributed by atoms with van der Waals surface area (Å²) in [5.74, 6) is -0.0892. The van der Waals surface area contributed by atoms with Gasteiger partial charge in [0.15, 0.2) is 0 Å². The lowest BCUT2D eigenvalue weighted by atomic mass is 10.2. The highest BCUT2D eigenvalue weighted by Crippen LogP contribution is 2.09. The average Bonchev–Trinajstić information content (AvgIpc) is 2.47. The van der Waals surface area contributed by atoms with E-state index in [1.54, 1.807) is 6.20 Å². The third kappa shape index (κ3) is 3.81. The molecule has 0 atom stereocenters. The monoisotopic (exact) mass is 255 g/mol. The lowest BCUT2D eigenvalue weighted by Crippen LogP contribution is -2.23. The molecule has 0 aliphatic carbocycles. The number of hydrogen-bond donors (Lipinski definition) is 2. The first-order valence-electron chi connectivity index (χ1n) is 6.31. The van der Waals surface area contributed by atoms with Gasteiger partial charge in [0, 0.05) is 24.0 Å². The van der Waals surface area contributed by atoms with Crippen LogP contribution < -0.4 is 10.6 Å². The first-order valence-corrected chi connectivity index (χ1v) is 6.31. The maximum atomic E-state index is 11.9. The molecule has 1 amide bonds. The van der Waals surface area contributed by atoms with E-state index in [9.17, 15) is 4.79 Å². The zero-order valence-corrected chi connectivity index (χ0v) is 10.9. The molecule has 0 unspecified atom stereocenters. The normalized spacial score (nSPS) is 9.95. The molecular formula is C15H17N3O. The number of benzene rings is 1. The molecule has 98 valence electrons. The van der Waals surface area contributed by atoms with Crippen molar-refractivity contribution in [2.75, 3.05) is 11.9 Å². The fraction of sp³-hybridized carbons (Fsp3) is 0.200. The van der Waals surface area contributed by atoms with Crippen LogP contribution in [0.5, 0.6) is 0 Å². The van der Waals surface area contributed by atoms with Gasteiger partial charge in [-0.2, -0.15) is 0 Å². The second-order valence-corrected chi connectivity index (χ2v) is 4.11. The summed E-state index contributed by atoms with van der Waals surface area (Å²) >= 11 is 0. The van der Waals surface area contributed by atoms with E-state index in [1.165, 1.54) is 0 Å². The Morgan fingerprint density at radius 2 is 1.95 bits per heavy atom. The van der Waals surface area contributed by atoms with Crippen LogP contribution in [0.3, 0.4) is 0 Å². The fourth-order valence-corrected chi connectivity index (χ4v) is 1.72. The van der Waals surface area contributed by atoms with Gasteiger partial charge in [0.25, 0.3) is 5.91 Å². The van der Waals surface area contributed by atoms with Gasteiger partial charge in [-0.3, -0.25) is 9.78 Å². The van der Waals surface area contributed by atoms with Crippen molar-refractivity contribution in [1.82, 2.24) is 10.3 Å². The first kappa shape index (κ1) is 13.1. The molecule has 1 aromatic heterocycles. The highest BCUT2D eigenvalue weighted by molar-refractivity contribution is 5.94. The molecule has 0 saturated heterocycles. The summed E-state index contributed by atoms with van der Waals surface area (Å²) in [5, 5.41) is 6.03. The van der Waals surface area contributed by atoms with Crippen molar-refractivity contribution in [3.8, 4) is 0 Å². The number of carbonyl (C=O) groups is 1. The van der Waals surface area contributed by atoms with E-state index in [1.807, 2.05) is 49.4 Å². The smallest absolute Gasteiger partial charge is 0.251 e. The number of hydrogen-bond acceptors (Lipinski definition) is 3. The maximum Gasteiger partial charge on any atom is 0.251 e. The fourth-order valence-electron chi connectivity index (χ4n) is 1.72. The van der Waals surface area contributed by atoms with Crippen LogP contribution >= 0.6 is 0 Å². The van der Waals surface area contributed by atoms with Gasteiger partial charge >= 0.3 is 0 Å². The molecule has 0 aliphatic heterocycles. The summed E-state index contributed by atoms with van der Waals surface area (Å²) in [6, 6.07) is 13.1. The highest BCUT2D eigenvalue weighted by atomic mass is 16.1. The predicted molar refractivity (Wildman–Crippen MR) is 76.0 cm³/mol. The van der Waals surface area contributed by atoms with Crippen molar-refractivity contribution in [2.24, 2.45) is 0 Å². The van der Waals surface area contributed by atoms with Crippen molar-refractivity contribution in [2.45, 2.75) is 13.5 Å². The van der Waals surface area contributed by atoms with Crippen LogP contribution in [0.1, 0.15) is 23.0 Å². The predicted octanol–water partition coefficient (Wildman–Crippen LogP) is 2.44. The molecule has 1 aromatic carbocycles. The quantitative estimate of drug-likeness (QED) is 0.862. The summed E-state index contributed by atoms with van der Waals surface area (Å²) in [5.41, 5.74) is 2.52. The van der Waals surface area contributed by atoms with Gasteiger partial charge in [-0.25, -0.2) is 0 Å². The molecule has 0 radical (unpaired) electrons. The molecule has 19 heavy (non-hydrogen) atoms. The van der Waals surface area contributed by atoms with E-state index in [4.69, 9.17) is 0 Å². The van der Waals surface area contributed by atoms with Crippen LogP contribution in [-0.2, 0) is 6.54 Å². The van der Waals surface area contributed by atoms with E-state index < -0.39 is 0 Å². The molecule has 2 rings (SSSR count). The number of amides is 1. The topological polar surface area (TPSA) is 54.0 Å². The third-order valence-corrected chi connectivity index (χ3v) is 2.68. The minimum absolute atomic E-state index is 0.0892. The Labute approximate surface area is 112 Å². The SMILES string of the molecule is CCNc1ccc(C(=O)NCc2ccccn2)cc1. The number of rotatable bonds is 5. The van der Waals surface area contributed by atoms with Crippen LogP contribution in [0, 0.1) is 0 Å². The number of carbonyl (C=O) groups excluding carboxylic acids is 1. The van der Waals surface area contributed by atoms with Crippen LogP contribution in [0.2, 0.25) is 0 Å². The molecule has 0 fully saturated rings. The Hall–Kier alpha value is -2.36. The van der Waals surface area contributed by atoms with E-state index in [0.29, 0.717) is 12.1 Å². The maximum absolute atomic E-state index is 11.9. The minimum atomic E-state index is -0.0892. The molecular weight excluding hydrogens is 238 g/mol. The second-order valence-electron chi connectivity index (χ2n) is 4.11. The van der Waals surface area contributed by atoms with E-state index in [-0.39, 0.29) is 5.91 Å². The van der Waals surface area contributed by atoms with Gasteiger partial charge < -0.3 is 10.6 Å². The van der Waals surface area contributed by atoms with Crippen LogP contribution in [0.4, 0.5) is 5.69 Å². The molecule has 0 aliphatic rings. The zero-order valence-electron chi connectivity index (χ0n) is 10.9. The van der Waals surface area contributed by atoms with E-state index in [0.717, 1.165) is 17.9 Å². The van der Waals surface area contributed by atoms with Crippen molar-refractivity contribution in [3.63, 3.8) is 0 Å². The molecule has 2 aromatic rings. The number of nitrogens with zero attached hydrogens (tertiary/aromatic N) is 1. The Kier molecular flexibility index (Phi) is 4.50.